The highest BCUT2D eigenvalue weighted by Gasteiger charge is 2.06. The van der Waals surface area contributed by atoms with E-state index in [1.165, 1.54) is 23.2 Å². The Bertz CT molecular complexity index is 490. The van der Waals surface area contributed by atoms with E-state index >= 15 is 0 Å². The van der Waals surface area contributed by atoms with Crippen molar-refractivity contribution in [3.8, 4) is 0 Å². The molecule has 2 aromatic rings. The fraction of sp³-hybridized carbons (Fsp3) is 0.471. The van der Waals surface area contributed by atoms with E-state index in [1.807, 2.05) is 6.20 Å². The van der Waals surface area contributed by atoms with Gasteiger partial charge < -0.3 is 5.32 Å². The van der Waals surface area contributed by atoms with Gasteiger partial charge in [0.1, 0.15) is 0 Å². The first-order valence-corrected chi connectivity index (χ1v) is 7.55. The summed E-state index contributed by atoms with van der Waals surface area (Å²) in [7, 11) is 0. The van der Waals surface area contributed by atoms with Crippen molar-refractivity contribution >= 4 is 0 Å². The molecule has 0 saturated carbocycles. The highest BCUT2D eigenvalue weighted by Crippen LogP contribution is 2.07. The zero-order valence-corrected chi connectivity index (χ0v) is 12.5. The average molecular weight is 271 g/mol. The van der Waals surface area contributed by atoms with Gasteiger partial charge in [0, 0.05) is 11.7 Å². The van der Waals surface area contributed by atoms with Gasteiger partial charge in [0.15, 0.2) is 0 Å². The number of H-pyrrole nitrogens is 1. The molecule has 0 aliphatic heterocycles. The second-order valence-electron chi connectivity index (χ2n) is 5.37. The smallest absolute Gasteiger partial charge is 0.0522 e. The lowest BCUT2D eigenvalue weighted by Gasteiger charge is -2.17. The molecular formula is C17H25N3. The fourth-order valence-corrected chi connectivity index (χ4v) is 2.47. The molecule has 1 unspecified atom stereocenters. The molecule has 2 rings (SSSR count). The summed E-state index contributed by atoms with van der Waals surface area (Å²) in [4.78, 5) is 0. The summed E-state index contributed by atoms with van der Waals surface area (Å²) in [6.45, 7) is 5.40. The summed E-state index contributed by atoms with van der Waals surface area (Å²) in [6.07, 6.45) is 6.47. The Morgan fingerprint density at radius 1 is 1.25 bits per heavy atom. The quantitative estimate of drug-likeness (QED) is 0.724. The number of aromatic amines is 1. The second kappa shape index (κ2) is 7.85. The SMILES string of the molecule is CCC(Cc1ccccc1)NCCCc1cn[nH]c1C. The number of nitrogens with zero attached hydrogens (tertiary/aromatic N) is 1. The molecule has 0 amide bonds. The van der Waals surface area contributed by atoms with Crippen LogP contribution >= 0.6 is 0 Å². The summed E-state index contributed by atoms with van der Waals surface area (Å²) in [5.74, 6) is 0. The predicted molar refractivity (Wildman–Crippen MR) is 83.9 cm³/mol. The Balaban J connectivity index is 1.70. The normalized spacial score (nSPS) is 12.5. The van der Waals surface area contributed by atoms with Crippen LogP contribution in [0.4, 0.5) is 0 Å². The van der Waals surface area contributed by atoms with Crippen molar-refractivity contribution in [1.82, 2.24) is 15.5 Å². The molecule has 0 fully saturated rings. The zero-order chi connectivity index (χ0) is 14.2. The second-order valence-corrected chi connectivity index (χ2v) is 5.37. The Morgan fingerprint density at radius 3 is 2.70 bits per heavy atom. The summed E-state index contributed by atoms with van der Waals surface area (Å²) in [6, 6.07) is 11.3. The van der Waals surface area contributed by atoms with Crippen LogP contribution in [0.2, 0.25) is 0 Å². The van der Waals surface area contributed by atoms with Gasteiger partial charge in [-0.25, -0.2) is 0 Å². The molecule has 0 radical (unpaired) electrons. The van der Waals surface area contributed by atoms with Crippen LogP contribution in [-0.4, -0.2) is 22.8 Å². The third-order valence-electron chi connectivity index (χ3n) is 3.81. The highest BCUT2D eigenvalue weighted by atomic mass is 15.1. The van der Waals surface area contributed by atoms with Crippen molar-refractivity contribution in [1.29, 1.82) is 0 Å². The van der Waals surface area contributed by atoms with E-state index in [4.69, 9.17) is 0 Å². The van der Waals surface area contributed by atoms with Crippen LogP contribution in [-0.2, 0) is 12.8 Å². The monoisotopic (exact) mass is 271 g/mol. The van der Waals surface area contributed by atoms with E-state index in [-0.39, 0.29) is 0 Å². The number of hydrogen-bond donors (Lipinski definition) is 2. The van der Waals surface area contributed by atoms with Crippen LogP contribution in [0.25, 0.3) is 0 Å². The molecule has 1 aromatic carbocycles. The van der Waals surface area contributed by atoms with E-state index in [0.717, 1.165) is 25.8 Å². The topological polar surface area (TPSA) is 40.7 Å². The standard InChI is InChI=1S/C17H25N3/c1-3-17(12-15-8-5-4-6-9-15)18-11-7-10-16-13-19-20-14(16)2/h4-6,8-9,13,17-18H,3,7,10-12H2,1-2H3,(H,19,20). The average Bonchev–Trinajstić information content (AvgIpc) is 2.89. The van der Waals surface area contributed by atoms with Crippen molar-refractivity contribution in [2.75, 3.05) is 6.54 Å². The molecule has 3 heteroatoms. The summed E-state index contributed by atoms with van der Waals surface area (Å²) < 4.78 is 0. The molecule has 0 spiro atoms. The first kappa shape index (κ1) is 14.8. The number of hydrogen-bond acceptors (Lipinski definition) is 2. The molecule has 0 bridgehead atoms. The van der Waals surface area contributed by atoms with Crippen molar-refractivity contribution in [2.24, 2.45) is 0 Å². The lowest BCUT2D eigenvalue weighted by molar-refractivity contribution is 0.488. The van der Waals surface area contributed by atoms with Crippen LogP contribution < -0.4 is 5.32 Å². The predicted octanol–water partition coefficient (Wildman–Crippen LogP) is 3.26. The fourth-order valence-electron chi connectivity index (χ4n) is 2.47. The minimum atomic E-state index is 0.572. The van der Waals surface area contributed by atoms with Gasteiger partial charge in [-0.15, -0.1) is 0 Å². The third kappa shape index (κ3) is 4.49. The maximum absolute atomic E-state index is 4.06. The first-order chi connectivity index (χ1) is 9.79. The Morgan fingerprint density at radius 2 is 2.05 bits per heavy atom. The molecule has 0 saturated heterocycles. The van der Waals surface area contributed by atoms with Crippen molar-refractivity contribution in [2.45, 2.75) is 45.6 Å². The molecule has 0 aliphatic rings. The lowest BCUT2D eigenvalue weighted by Crippen LogP contribution is -2.31. The zero-order valence-electron chi connectivity index (χ0n) is 12.5. The van der Waals surface area contributed by atoms with E-state index in [2.05, 4.69) is 59.7 Å². The number of rotatable bonds is 8. The van der Waals surface area contributed by atoms with Gasteiger partial charge in [-0.1, -0.05) is 37.3 Å². The van der Waals surface area contributed by atoms with Crippen LogP contribution in [0, 0.1) is 6.92 Å². The third-order valence-corrected chi connectivity index (χ3v) is 3.81. The lowest BCUT2D eigenvalue weighted by atomic mass is 10.0. The molecular weight excluding hydrogens is 246 g/mol. The molecule has 0 aliphatic carbocycles. The van der Waals surface area contributed by atoms with Crippen molar-refractivity contribution < 1.29 is 0 Å². The largest absolute Gasteiger partial charge is 0.314 e. The van der Waals surface area contributed by atoms with Gasteiger partial charge in [0.25, 0.3) is 0 Å². The maximum atomic E-state index is 4.06. The molecule has 20 heavy (non-hydrogen) atoms. The number of aryl methyl sites for hydroxylation is 2. The van der Waals surface area contributed by atoms with Gasteiger partial charge in [-0.3, -0.25) is 5.10 Å². The van der Waals surface area contributed by atoms with Gasteiger partial charge in [-0.2, -0.15) is 5.10 Å². The Hall–Kier alpha value is -1.61. The number of nitrogens with one attached hydrogen (secondary N) is 2. The molecule has 3 nitrogen and oxygen atoms in total. The summed E-state index contributed by atoms with van der Waals surface area (Å²) in [5.41, 5.74) is 3.95. The van der Waals surface area contributed by atoms with Crippen LogP contribution in [0.3, 0.4) is 0 Å². The van der Waals surface area contributed by atoms with Gasteiger partial charge in [0.2, 0.25) is 0 Å². The van der Waals surface area contributed by atoms with Crippen molar-refractivity contribution in [3.63, 3.8) is 0 Å². The van der Waals surface area contributed by atoms with Crippen LogP contribution in [0.1, 0.15) is 36.6 Å². The Kier molecular flexibility index (Phi) is 5.81. The van der Waals surface area contributed by atoms with Crippen LogP contribution in [0.15, 0.2) is 36.5 Å². The van der Waals surface area contributed by atoms with Crippen molar-refractivity contribution in [3.05, 3.63) is 53.3 Å². The number of aromatic nitrogens is 2. The summed E-state index contributed by atoms with van der Waals surface area (Å²) in [5, 5.41) is 10.7. The minimum absolute atomic E-state index is 0.572. The number of benzene rings is 1. The van der Waals surface area contributed by atoms with Gasteiger partial charge in [0.05, 0.1) is 6.20 Å². The highest BCUT2D eigenvalue weighted by molar-refractivity contribution is 5.16. The van der Waals surface area contributed by atoms with Gasteiger partial charge in [-0.05, 0) is 50.3 Å². The van der Waals surface area contributed by atoms with Gasteiger partial charge >= 0.3 is 0 Å². The molecule has 1 atom stereocenters. The first-order valence-electron chi connectivity index (χ1n) is 7.55. The molecule has 1 aromatic heterocycles. The van der Waals surface area contributed by atoms with E-state index < -0.39 is 0 Å². The van der Waals surface area contributed by atoms with E-state index in [9.17, 15) is 0 Å². The molecule has 1 heterocycles. The Labute approximate surface area is 121 Å². The maximum Gasteiger partial charge on any atom is 0.0522 e. The van der Waals surface area contributed by atoms with E-state index in [0.29, 0.717) is 6.04 Å². The molecule has 2 N–H and O–H groups in total. The molecule has 108 valence electrons. The minimum Gasteiger partial charge on any atom is -0.314 e. The van der Waals surface area contributed by atoms with Crippen LogP contribution in [0.5, 0.6) is 0 Å². The van der Waals surface area contributed by atoms with E-state index in [1.54, 1.807) is 0 Å². The summed E-state index contributed by atoms with van der Waals surface area (Å²) >= 11 is 0.